The molecule has 0 saturated carbocycles. The number of rotatable bonds is 1. The lowest BCUT2D eigenvalue weighted by molar-refractivity contribution is 0.0475. The van der Waals surface area contributed by atoms with Crippen LogP contribution >= 0.6 is 0 Å². The summed E-state index contributed by atoms with van der Waals surface area (Å²) < 4.78 is 11.8. The van der Waals surface area contributed by atoms with E-state index in [0.717, 1.165) is 35.2 Å². The zero-order valence-electron chi connectivity index (χ0n) is 16.7. The lowest BCUT2D eigenvalue weighted by Crippen LogP contribution is -2.37. The molecular formula is C24H25NO3. The van der Waals surface area contributed by atoms with Gasteiger partial charge in [-0.05, 0) is 62.8 Å². The van der Waals surface area contributed by atoms with Crippen molar-refractivity contribution < 1.29 is 9.15 Å². The van der Waals surface area contributed by atoms with Gasteiger partial charge in [0.2, 0.25) is 0 Å². The van der Waals surface area contributed by atoms with Crippen LogP contribution in [-0.4, -0.2) is 11.6 Å². The Bertz CT molecular complexity index is 1140. The smallest absolute Gasteiger partial charge is 0.339 e. The van der Waals surface area contributed by atoms with Crippen LogP contribution in [0.3, 0.4) is 0 Å². The van der Waals surface area contributed by atoms with Crippen LogP contribution in [0.4, 0.5) is 0 Å². The minimum absolute atomic E-state index is 0.260. The van der Waals surface area contributed by atoms with Crippen LogP contribution in [0.5, 0.6) is 5.75 Å². The summed E-state index contributed by atoms with van der Waals surface area (Å²) in [5.74, 6) is 0.874. The van der Waals surface area contributed by atoms with E-state index in [1.54, 1.807) is 0 Å². The highest BCUT2D eigenvalue weighted by Gasteiger charge is 2.30. The zero-order valence-corrected chi connectivity index (χ0v) is 16.7. The Kier molecular flexibility index (Phi) is 4.06. The van der Waals surface area contributed by atoms with Gasteiger partial charge in [0, 0.05) is 34.7 Å². The van der Waals surface area contributed by atoms with E-state index in [9.17, 15) is 4.79 Å². The highest BCUT2D eigenvalue weighted by atomic mass is 16.5. The minimum Gasteiger partial charge on any atom is -0.477 e. The van der Waals surface area contributed by atoms with Crippen molar-refractivity contribution in [3.05, 3.63) is 74.1 Å². The molecule has 0 fully saturated rings. The van der Waals surface area contributed by atoms with E-state index in [4.69, 9.17) is 9.15 Å². The maximum atomic E-state index is 12.1. The van der Waals surface area contributed by atoms with Crippen LogP contribution < -0.4 is 10.4 Å². The van der Waals surface area contributed by atoms with Gasteiger partial charge in [0.1, 0.15) is 18.1 Å². The van der Waals surface area contributed by atoms with E-state index in [0.29, 0.717) is 23.9 Å². The third-order valence-electron chi connectivity index (χ3n) is 6.53. The van der Waals surface area contributed by atoms with Gasteiger partial charge >= 0.3 is 5.63 Å². The fourth-order valence-electron chi connectivity index (χ4n) is 4.82. The lowest BCUT2D eigenvalue weighted by atomic mass is 9.86. The third kappa shape index (κ3) is 2.59. The Morgan fingerprint density at radius 3 is 2.71 bits per heavy atom. The van der Waals surface area contributed by atoms with Crippen molar-refractivity contribution in [3.8, 4) is 5.75 Å². The first-order valence-corrected chi connectivity index (χ1v) is 10.1. The molecule has 4 heteroatoms. The molecule has 1 aliphatic heterocycles. The molecule has 1 atom stereocenters. The molecule has 3 aromatic rings. The van der Waals surface area contributed by atoms with Gasteiger partial charge in [-0.2, -0.15) is 0 Å². The van der Waals surface area contributed by atoms with Gasteiger partial charge in [-0.15, -0.1) is 0 Å². The molecule has 144 valence electrons. The van der Waals surface area contributed by atoms with Gasteiger partial charge < -0.3 is 9.15 Å². The molecule has 1 aromatic heterocycles. The number of benzene rings is 2. The SMILES string of the molecule is Cc1c(C)c2cc3c(c(C)c2oc1=O)OCN(C1CCCc2ccccc21)C3. The summed E-state index contributed by atoms with van der Waals surface area (Å²) in [6.45, 7) is 7.23. The van der Waals surface area contributed by atoms with Crippen molar-refractivity contribution in [2.75, 3.05) is 6.73 Å². The molecule has 28 heavy (non-hydrogen) atoms. The standard InChI is InChI=1S/C24H25NO3/c1-14-15(2)24(26)28-23-16(3)22-18(11-20(14)23)12-25(13-27-22)21-10-6-8-17-7-4-5-9-19(17)21/h4-5,7,9,11,21H,6,8,10,12-13H2,1-3H3. The lowest BCUT2D eigenvalue weighted by Gasteiger charge is -2.39. The van der Waals surface area contributed by atoms with Crippen LogP contribution in [0.25, 0.3) is 11.0 Å². The van der Waals surface area contributed by atoms with E-state index in [1.807, 2.05) is 20.8 Å². The van der Waals surface area contributed by atoms with Crippen molar-refractivity contribution in [2.45, 2.75) is 52.6 Å². The molecule has 5 rings (SSSR count). The van der Waals surface area contributed by atoms with Crippen molar-refractivity contribution >= 4 is 11.0 Å². The Morgan fingerprint density at radius 2 is 1.86 bits per heavy atom. The zero-order chi connectivity index (χ0) is 19.4. The largest absolute Gasteiger partial charge is 0.477 e. The van der Waals surface area contributed by atoms with Crippen molar-refractivity contribution in [1.82, 2.24) is 4.90 Å². The summed E-state index contributed by atoms with van der Waals surface area (Å²) >= 11 is 0. The van der Waals surface area contributed by atoms with Crippen molar-refractivity contribution in [3.63, 3.8) is 0 Å². The Hall–Kier alpha value is -2.59. The highest BCUT2D eigenvalue weighted by Crippen LogP contribution is 2.41. The van der Waals surface area contributed by atoms with Crippen LogP contribution in [0.15, 0.2) is 39.5 Å². The second kappa shape index (κ2) is 6.49. The van der Waals surface area contributed by atoms with Gasteiger partial charge in [-0.1, -0.05) is 24.3 Å². The van der Waals surface area contributed by atoms with Gasteiger partial charge in [0.15, 0.2) is 0 Å². The fraction of sp³-hybridized carbons (Fsp3) is 0.375. The molecular weight excluding hydrogens is 350 g/mol. The Morgan fingerprint density at radius 1 is 1.04 bits per heavy atom. The molecule has 0 bridgehead atoms. The summed E-state index contributed by atoms with van der Waals surface area (Å²) in [5.41, 5.74) is 7.09. The summed E-state index contributed by atoms with van der Waals surface area (Å²) in [6, 6.07) is 11.4. The highest BCUT2D eigenvalue weighted by molar-refractivity contribution is 5.87. The van der Waals surface area contributed by atoms with E-state index in [-0.39, 0.29) is 5.63 Å². The summed E-state index contributed by atoms with van der Waals surface area (Å²) in [5, 5.41) is 1.02. The fourth-order valence-corrected chi connectivity index (χ4v) is 4.82. The molecule has 0 saturated heterocycles. The molecule has 1 unspecified atom stereocenters. The number of aryl methyl sites for hydroxylation is 3. The molecule has 2 heterocycles. The first-order valence-electron chi connectivity index (χ1n) is 10.1. The maximum absolute atomic E-state index is 12.1. The summed E-state index contributed by atoms with van der Waals surface area (Å²) in [7, 11) is 0. The number of fused-ring (bicyclic) bond motifs is 3. The number of ether oxygens (including phenoxy) is 1. The predicted molar refractivity (Wildman–Crippen MR) is 110 cm³/mol. The number of nitrogens with zero attached hydrogens (tertiary/aromatic N) is 1. The van der Waals surface area contributed by atoms with E-state index in [2.05, 4.69) is 35.2 Å². The number of hydrogen-bond donors (Lipinski definition) is 0. The van der Waals surface area contributed by atoms with Gasteiger partial charge in [-0.25, -0.2) is 4.79 Å². The topological polar surface area (TPSA) is 42.7 Å². The predicted octanol–water partition coefficient (Wildman–Crippen LogP) is 4.95. The van der Waals surface area contributed by atoms with Crippen LogP contribution in [-0.2, 0) is 13.0 Å². The van der Waals surface area contributed by atoms with E-state index >= 15 is 0 Å². The first-order chi connectivity index (χ1) is 13.5. The summed E-state index contributed by atoms with van der Waals surface area (Å²) in [6.07, 6.45) is 3.54. The molecule has 2 aliphatic rings. The average molecular weight is 375 g/mol. The molecule has 0 amide bonds. The molecule has 2 aromatic carbocycles. The number of hydrogen-bond acceptors (Lipinski definition) is 4. The Balaban J connectivity index is 1.58. The molecule has 0 radical (unpaired) electrons. The molecule has 0 spiro atoms. The van der Waals surface area contributed by atoms with E-state index in [1.165, 1.54) is 29.5 Å². The first kappa shape index (κ1) is 17.5. The average Bonchev–Trinajstić information content (AvgIpc) is 2.72. The van der Waals surface area contributed by atoms with E-state index < -0.39 is 0 Å². The summed E-state index contributed by atoms with van der Waals surface area (Å²) in [4.78, 5) is 14.6. The second-order valence-corrected chi connectivity index (χ2v) is 8.13. The van der Waals surface area contributed by atoms with Gasteiger partial charge in [-0.3, -0.25) is 4.90 Å². The molecule has 4 nitrogen and oxygen atoms in total. The monoisotopic (exact) mass is 375 g/mol. The van der Waals surface area contributed by atoms with Crippen LogP contribution in [0, 0.1) is 20.8 Å². The van der Waals surface area contributed by atoms with Crippen LogP contribution in [0.2, 0.25) is 0 Å². The second-order valence-electron chi connectivity index (χ2n) is 8.13. The quantitative estimate of drug-likeness (QED) is 0.565. The minimum atomic E-state index is -0.260. The van der Waals surface area contributed by atoms with Gasteiger partial charge in [0.25, 0.3) is 0 Å². The van der Waals surface area contributed by atoms with Crippen LogP contribution in [0.1, 0.15) is 52.3 Å². The normalized spacial score (nSPS) is 19.2. The Labute approximate surface area is 164 Å². The maximum Gasteiger partial charge on any atom is 0.339 e. The van der Waals surface area contributed by atoms with Gasteiger partial charge in [0.05, 0.1) is 0 Å². The molecule has 1 aliphatic carbocycles. The molecule has 0 N–H and O–H groups in total. The van der Waals surface area contributed by atoms with Crippen molar-refractivity contribution in [1.29, 1.82) is 0 Å². The third-order valence-corrected chi connectivity index (χ3v) is 6.53. The van der Waals surface area contributed by atoms with Crippen molar-refractivity contribution in [2.24, 2.45) is 0 Å².